The minimum absolute atomic E-state index is 0.0804. The normalized spacial score (nSPS) is 25.9. The Kier molecular flexibility index (Phi) is 5.62. The molecule has 0 radical (unpaired) electrons. The molecular weight excluding hydrogens is 410 g/mol. The van der Waals surface area contributed by atoms with Crippen LogP contribution >= 0.6 is 23.2 Å². The summed E-state index contributed by atoms with van der Waals surface area (Å²) >= 11 is 12.4. The molecule has 1 unspecified atom stereocenters. The second-order valence-corrected chi connectivity index (χ2v) is 8.99. The number of nitrogens with one attached hydrogen (secondary N) is 2. The van der Waals surface area contributed by atoms with Crippen LogP contribution in [-0.2, 0) is 10.2 Å². The summed E-state index contributed by atoms with van der Waals surface area (Å²) in [5, 5.41) is 7.54. The molecule has 1 aliphatic heterocycles. The standard InChI is InChI=1S/C23H25Cl2FN2O/c1-27-20-12-15(24)8-9-17(20)23(14-29)18(16-6-5-7-19(25)21(16)26)13-28-22(23)10-3-2-4-11-22/h5-9,12,14,18,27-28H,2-4,10-11,13H2,1H3/t18?,23-/m1/s1. The van der Waals surface area contributed by atoms with Crippen molar-refractivity contribution in [1.82, 2.24) is 5.32 Å². The van der Waals surface area contributed by atoms with Crippen molar-refractivity contribution in [1.29, 1.82) is 0 Å². The number of aldehydes is 1. The average Bonchev–Trinajstić information content (AvgIpc) is 3.04. The molecule has 1 spiro atoms. The number of halogens is 3. The van der Waals surface area contributed by atoms with E-state index in [9.17, 15) is 4.79 Å². The Morgan fingerprint density at radius 2 is 1.93 bits per heavy atom. The van der Waals surface area contributed by atoms with E-state index >= 15 is 4.39 Å². The Morgan fingerprint density at radius 3 is 2.62 bits per heavy atom. The van der Waals surface area contributed by atoms with E-state index in [1.807, 2.05) is 25.2 Å². The van der Waals surface area contributed by atoms with Gasteiger partial charge in [0.25, 0.3) is 0 Å². The molecule has 2 aromatic rings. The van der Waals surface area contributed by atoms with Gasteiger partial charge in [-0.05, 0) is 42.2 Å². The molecule has 0 bridgehead atoms. The molecule has 2 N–H and O–H groups in total. The first-order chi connectivity index (χ1) is 14.0. The first-order valence-electron chi connectivity index (χ1n) is 10.1. The number of carbonyl (C=O) groups is 1. The molecule has 3 nitrogen and oxygen atoms in total. The Morgan fingerprint density at radius 1 is 1.17 bits per heavy atom. The highest BCUT2D eigenvalue weighted by Gasteiger charge is 2.62. The predicted octanol–water partition coefficient (Wildman–Crippen LogP) is 5.70. The van der Waals surface area contributed by atoms with Crippen LogP contribution < -0.4 is 10.6 Å². The molecule has 1 saturated carbocycles. The molecule has 2 atom stereocenters. The molecule has 2 aromatic carbocycles. The zero-order valence-electron chi connectivity index (χ0n) is 16.4. The average molecular weight is 435 g/mol. The van der Waals surface area contributed by atoms with Gasteiger partial charge in [0, 0.05) is 35.8 Å². The van der Waals surface area contributed by atoms with Gasteiger partial charge in [0.1, 0.15) is 12.1 Å². The van der Waals surface area contributed by atoms with Gasteiger partial charge in [-0.1, -0.05) is 60.7 Å². The van der Waals surface area contributed by atoms with Crippen molar-refractivity contribution in [3.8, 4) is 0 Å². The lowest BCUT2D eigenvalue weighted by Gasteiger charge is -2.48. The van der Waals surface area contributed by atoms with Gasteiger partial charge in [0.05, 0.1) is 10.4 Å². The Bertz CT molecular complexity index is 929. The summed E-state index contributed by atoms with van der Waals surface area (Å²) in [5.41, 5.74) is 0.784. The Balaban J connectivity index is 2.00. The summed E-state index contributed by atoms with van der Waals surface area (Å²) in [6, 6.07) is 10.6. The summed E-state index contributed by atoms with van der Waals surface area (Å²) in [7, 11) is 1.82. The van der Waals surface area contributed by atoms with Gasteiger partial charge in [-0.25, -0.2) is 4.39 Å². The van der Waals surface area contributed by atoms with Crippen LogP contribution in [-0.4, -0.2) is 25.4 Å². The molecule has 1 aliphatic carbocycles. The van der Waals surface area contributed by atoms with Crippen molar-refractivity contribution in [3.63, 3.8) is 0 Å². The molecule has 154 valence electrons. The van der Waals surface area contributed by atoms with Crippen LogP contribution in [0.15, 0.2) is 36.4 Å². The van der Waals surface area contributed by atoms with Crippen LogP contribution in [0.3, 0.4) is 0 Å². The predicted molar refractivity (Wildman–Crippen MR) is 117 cm³/mol. The van der Waals surface area contributed by atoms with E-state index in [0.29, 0.717) is 17.1 Å². The summed E-state index contributed by atoms with van der Waals surface area (Å²) in [6.45, 7) is 0.516. The van der Waals surface area contributed by atoms with Gasteiger partial charge in [-0.2, -0.15) is 0 Å². The minimum Gasteiger partial charge on any atom is -0.388 e. The van der Waals surface area contributed by atoms with Crippen molar-refractivity contribution in [2.24, 2.45) is 0 Å². The topological polar surface area (TPSA) is 41.1 Å². The fraction of sp³-hybridized carbons (Fsp3) is 0.435. The zero-order chi connectivity index (χ0) is 20.6. The SMILES string of the molecule is CNc1cc(Cl)ccc1[C@]1(C=O)C(c2cccc(Cl)c2F)CNC12CCCCC2. The third kappa shape index (κ3) is 3.08. The zero-order valence-corrected chi connectivity index (χ0v) is 17.9. The molecule has 6 heteroatoms. The van der Waals surface area contributed by atoms with Gasteiger partial charge in [0.15, 0.2) is 0 Å². The molecule has 0 aromatic heterocycles. The highest BCUT2D eigenvalue weighted by molar-refractivity contribution is 6.31. The van der Waals surface area contributed by atoms with E-state index in [2.05, 4.69) is 10.6 Å². The van der Waals surface area contributed by atoms with Crippen LogP contribution in [0.4, 0.5) is 10.1 Å². The smallest absolute Gasteiger partial charge is 0.145 e. The maximum absolute atomic E-state index is 15.1. The first kappa shape index (κ1) is 20.6. The molecule has 1 saturated heterocycles. The second-order valence-electron chi connectivity index (χ2n) is 8.15. The Hall–Kier alpha value is -1.62. The summed E-state index contributed by atoms with van der Waals surface area (Å²) in [5.74, 6) is -0.815. The number of benzene rings is 2. The van der Waals surface area contributed by atoms with Crippen LogP contribution in [0.2, 0.25) is 10.0 Å². The van der Waals surface area contributed by atoms with Crippen molar-refractivity contribution in [2.75, 3.05) is 18.9 Å². The van der Waals surface area contributed by atoms with Crippen molar-refractivity contribution in [3.05, 3.63) is 63.4 Å². The third-order valence-corrected chi connectivity index (χ3v) is 7.46. The molecular formula is C23H25Cl2FN2O. The van der Waals surface area contributed by atoms with Crippen LogP contribution in [0, 0.1) is 5.82 Å². The molecule has 0 amide bonds. The molecule has 29 heavy (non-hydrogen) atoms. The summed E-state index contributed by atoms with van der Waals surface area (Å²) in [4.78, 5) is 13.1. The monoisotopic (exact) mass is 434 g/mol. The molecule has 2 fully saturated rings. The largest absolute Gasteiger partial charge is 0.388 e. The summed E-state index contributed by atoms with van der Waals surface area (Å²) < 4.78 is 15.1. The van der Waals surface area contributed by atoms with Crippen LogP contribution in [0.1, 0.15) is 49.1 Å². The maximum Gasteiger partial charge on any atom is 0.145 e. The quantitative estimate of drug-likeness (QED) is 0.606. The highest BCUT2D eigenvalue weighted by atomic mass is 35.5. The summed E-state index contributed by atoms with van der Waals surface area (Å²) in [6.07, 6.45) is 6.01. The number of hydrogen-bond donors (Lipinski definition) is 2. The van der Waals surface area contributed by atoms with Crippen LogP contribution in [0.5, 0.6) is 0 Å². The van der Waals surface area contributed by atoms with E-state index in [0.717, 1.165) is 49.6 Å². The first-order valence-corrected chi connectivity index (χ1v) is 10.9. The Labute approximate surface area is 181 Å². The van der Waals surface area contributed by atoms with E-state index in [-0.39, 0.29) is 10.9 Å². The lowest BCUT2D eigenvalue weighted by molar-refractivity contribution is -0.115. The molecule has 4 rings (SSSR count). The van der Waals surface area contributed by atoms with Gasteiger partial charge < -0.3 is 15.4 Å². The van der Waals surface area contributed by atoms with E-state index < -0.39 is 16.8 Å². The number of rotatable bonds is 4. The fourth-order valence-corrected chi connectivity index (χ4v) is 5.97. The lowest BCUT2D eigenvalue weighted by Crippen LogP contribution is -2.58. The number of anilines is 1. The maximum atomic E-state index is 15.1. The molecule has 1 heterocycles. The van der Waals surface area contributed by atoms with Gasteiger partial charge >= 0.3 is 0 Å². The number of hydrogen-bond acceptors (Lipinski definition) is 3. The van der Waals surface area contributed by atoms with Gasteiger partial charge in [-0.3, -0.25) is 0 Å². The lowest BCUT2D eigenvalue weighted by atomic mass is 9.56. The van der Waals surface area contributed by atoms with Crippen molar-refractivity contribution in [2.45, 2.75) is 49.0 Å². The number of carbonyl (C=O) groups excluding carboxylic acids is 1. The second kappa shape index (κ2) is 7.90. The van der Waals surface area contributed by atoms with Gasteiger partial charge in [-0.15, -0.1) is 0 Å². The van der Waals surface area contributed by atoms with Crippen LogP contribution in [0.25, 0.3) is 0 Å². The van der Waals surface area contributed by atoms with E-state index in [1.165, 1.54) is 0 Å². The minimum atomic E-state index is -0.929. The van der Waals surface area contributed by atoms with E-state index in [4.69, 9.17) is 23.2 Å². The fourth-order valence-electron chi connectivity index (χ4n) is 5.62. The van der Waals surface area contributed by atoms with Crippen molar-refractivity contribution >= 4 is 35.2 Å². The van der Waals surface area contributed by atoms with E-state index in [1.54, 1.807) is 18.2 Å². The highest BCUT2D eigenvalue weighted by Crippen LogP contribution is 2.57. The third-order valence-electron chi connectivity index (χ3n) is 6.93. The molecule has 2 aliphatic rings. The van der Waals surface area contributed by atoms with Gasteiger partial charge in [0.2, 0.25) is 0 Å². The van der Waals surface area contributed by atoms with Crippen molar-refractivity contribution < 1.29 is 9.18 Å².